The molecule has 0 aromatic carbocycles. The molecule has 1 aliphatic carbocycles. The van der Waals surface area contributed by atoms with Gasteiger partial charge in [-0.05, 0) is 25.2 Å². The lowest BCUT2D eigenvalue weighted by Gasteiger charge is -2.17. The number of fused-ring (bicyclic) bond motifs is 1. The van der Waals surface area contributed by atoms with Crippen molar-refractivity contribution in [2.75, 3.05) is 6.61 Å². The maximum atomic E-state index is 11.4. The van der Waals surface area contributed by atoms with E-state index in [-0.39, 0.29) is 11.8 Å². The number of carbonyl (C=O) groups is 1. The van der Waals surface area contributed by atoms with Gasteiger partial charge in [0.25, 0.3) is 5.91 Å². The molecule has 0 bridgehead atoms. The summed E-state index contributed by atoms with van der Waals surface area (Å²) in [5, 5.41) is 0. The van der Waals surface area contributed by atoms with E-state index in [1.165, 1.54) is 6.34 Å². The van der Waals surface area contributed by atoms with E-state index < -0.39 is 0 Å². The average molecular weight is 190 g/mol. The minimum Gasteiger partial charge on any atom is -0.494 e. The van der Waals surface area contributed by atoms with Crippen LogP contribution in [0, 0.1) is 5.92 Å². The standard InChI is InChI=1S/C10H10N2O2/c1-2-14-7-3-4-9-8(5-7)10(13)12-6-11-9/h3-6,8H,2H2,1H3. The summed E-state index contributed by atoms with van der Waals surface area (Å²) in [5.41, 5.74) is 0.730. The Morgan fingerprint density at radius 1 is 1.50 bits per heavy atom. The first-order valence-corrected chi connectivity index (χ1v) is 4.48. The number of hydrogen-bond acceptors (Lipinski definition) is 3. The molecule has 0 radical (unpaired) electrons. The lowest BCUT2D eigenvalue weighted by atomic mass is 9.96. The first-order valence-electron chi connectivity index (χ1n) is 4.48. The Morgan fingerprint density at radius 2 is 2.36 bits per heavy atom. The molecule has 1 unspecified atom stereocenters. The summed E-state index contributed by atoms with van der Waals surface area (Å²) in [7, 11) is 0. The molecule has 4 heteroatoms. The van der Waals surface area contributed by atoms with Gasteiger partial charge in [-0.3, -0.25) is 4.79 Å². The predicted octanol–water partition coefficient (Wildman–Crippen LogP) is 1.10. The molecule has 14 heavy (non-hydrogen) atoms. The van der Waals surface area contributed by atoms with Gasteiger partial charge in [0.05, 0.1) is 12.3 Å². The topological polar surface area (TPSA) is 51.0 Å². The Hall–Kier alpha value is -1.71. The highest BCUT2D eigenvalue weighted by Crippen LogP contribution is 2.18. The molecule has 0 N–H and O–H groups in total. The SMILES string of the molecule is CCOC1=CC2C(=O)N=CN=C2C=C1. The Labute approximate surface area is 81.7 Å². The van der Waals surface area contributed by atoms with Crippen LogP contribution in [-0.2, 0) is 9.53 Å². The second kappa shape index (κ2) is 3.57. The molecule has 72 valence electrons. The highest BCUT2D eigenvalue weighted by Gasteiger charge is 2.25. The molecule has 0 aromatic heterocycles. The van der Waals surface area contributed by atoms with Crippen LogP contribution in [0.3, 0.4) is 0 Å². The summed E-state index contributed by atoms with van der Waals surface area (Å²) < 4.78 is 5.30. The fourth-order valence-electron chi connectivity index (χ4n) is 1.39. The molecule has 1 amide bonds. The molecule has 0 fully saturated rings. The van der Waals surface area contributed by atoms with Gasteiger partial charge in [-0.15, -0.1) is 0 Å². The quantitative estimate of drug-likeness (QED) is 0.654. The first kappa shape index (κ1) is 8.87. The van der Waals surface area contributed by atoms with Crippen LogP contribution in [0.1, 0.15) is 6.92 Å². The number of carbonyl (C=O) groups excluding carboxylic acids is 1. The van der Waals surface area contributed by atoms with Crippen LogP contribution in [0.4, 0.5) is 0 Å². The highest BCUT2D eigenvalue weighted by molar-refractivity contribution is 6.18. The lowest BCUT2D eigenvalue weighted by Crippen LogP contribution is -2.25. The molecule has 2 rings (SSSR count). The summed E-state index contributed by atoms with van der Waals surface area (Å²) in [6.45, 7) is 2.49. The molecule has 1 heterocycles. The number of hydrogen-bond donors (Lipinski definition) is 0. The number of ether oxygens (including phenoxy) is 1. The normalized spacial score (nSPS) is 24.1. The van der Waals surface area contributed by atoms with Gasteiger partial charge in [0, 0.05) is 0 Å². The smallest absolute Gasteiger partial charge is 0.260 e. The summed E-state index contributed by atoms with van der Waals surface area (Å²) >= 11 is 0. The van der Waals surface area contributed by atoms with E-state index in [4.69, 9.17) is 4.74 Å². The molecular weight excluding hydrogens is 180 g/mol. The van der Waals surface area contributed by atoms with Crippen molar-refractivity contribution in [1.82, 2.24) is 0 Å². The van der Waals surface area contributed by atoms with Gasteiger partial charge in [-0.1, -0.05) is 0 Å². The van der Waals surface area contributed by atoms with Gasteiger partial charge < -0.3 is 4.74 Å². The van der Waals surface area contributed by atoms with Gasteiger partial charge in [0.1, 0.15) is 18.0 Å². The molecule has 0 saturated carbocycles. The van der Waals surface area contributed by atoms with E-state index in [0.717, 1.165) is 5.71 Å². The highest BCUT2D eigenvalue weighted by atomic mass is 16.5. The predicted molar refractivity (Wildman–Crippen MR) is 53.3 cm³/mol. The molecule has 2 aliphatic rings. The van der Waals surface area contributed by atoms with Gasteiger partial charge in [0.15, 0.2) is 0 Å². The zero-order chi connectivity index (χ0) is 9.97. The number of aliphatic imine (C=N–C) groups is 2. The second-order valence-electron chi connectivity index (χ2n) is 2.95. The van der Waals surface area contributed by atoms with Crippen LogP contribution in [0.5, 0.6) is 0 Å². The summed E-state index contributed by atoms with van der Waals surface area (Å²) in [5.74, 6) is 0.171. The fourth-order valence-corrected chi connectivity index (χ4v) is 1.39. The van der Waals surface area contributed by atoms with Gasteiger partial charge in [-0.25, -0.2) is 9.98 Å². The van der Waals surface area contributed by atoms with Crippen molar-refractivity contribution in [3.63, 3.8) is 0 Å². The largest absolute Gasteiger partial charge is 0.494 e. The van der Waals surface area contributed by atoms with Crippen molar-refractivity contribution in [2.24, 2.45) is 15.9 Å². The molecule has 0 aromatic rings. The van der Waals surface area contributed by atoms with E-state index >= 15 is 0 Å². The van der Waals surface area contributed by atoms with E-state index in [1.54, 1.807) is 12.2 Å². The second-order valence-corrected chi connectivity index (χ2v) is 2.95. The number of amides is 1. The first-order chi connectivity index (χ1) is 6.81. The average Bonchev–Trinajstić information content (AvgIpc) is 2.20. The van der Waals surface area contributed by atoms with Crippen LogP contribution >= 0.6 is 0 Å². The summed E-state index contributed by atoms with van der Waals surface area (Å²) in [6, 6.07) is 0. The van der Waals surface area contributed by atoms with Crippen molar-refractivity contribution < 1.29 is 9.53 Å². The van der Waals surface area contributed by atoms with Crippen LogP contribution < -0.4 is 0 Å². The fraction of sp³-hybridized carbons (Fsp3) is 0.300. The van der Waals surface area contributed by atoms with Crippen LogP contribution in [0.25, 0.3) is 0 Å². The van der Waals surface area contributed by atoms with Crippen molar-refractivity contribution in [3.8, 4) is 0 Å². The van der Waals surface area contributed by atoms with Gasteiger partial charge >= 0.3 is 0 Å². The van der Waals surface area contributed by atoms with Gasteiger partial charge in [-0.2, -0.15) is 0 Å². The third kappa shape index (κ3) is 1.51. The third-order valence-corrected chi connectivity index (χ3v) is 2.04. The maximum Gasteiger partial charge on any atom is 0.260 e. The van der Waals surface area contributed by atoms with Crippen LogP contribution in [-0.4, -0.2) is 24.6 Å². The minimum absolute atomic E-state index is 0.184. The summed E-state index contributed by atoms with van der Waals surface area (Å²) in [4.78, 5) is 19.0. The van der Waals surface area contributed by atoms with Crippen molar-refractivity contribution in [3.05, 3.63) is 24.0 Å². The minimum atomic E-state index is -0.355. The van der Waals surface area contributed by atoms with E-state index in [1.807, 2.05) is 13.0 Å². The number of rotatable bonds is 2. The molecular formula is C10H10N2O2. The maximum absolute atomic E-state index is 11.4. The Balaban J connectivity index is 2.26. The van der Waals surface area contributed by atoms with E-state index in [9.17, 15) is 4.79 Å². The Morgan fingerprint density at radius 3 is 3.14 bits per heavy atom. The zero-order valence-electron chi connectivity index (χ0n) is 7.80. The zero-order valence-corrected chi connectivity index (χ0v) is 7.80. The number of allylic oxidation sites excluding steroid dienone is 2. The van der Waals surface area contributed by atoms with Gasteiger partial charge in [0.2, 0.25) is 0 Å². The molecule has 0 spiro atoms. The lowest BCUT2D eigenvalue weighted by molar-refractivity contribution is -0.118. The van der Waals surface area contributed by atoms with Crippen molar-refractivity contribution >= 4 is 18.0 Å². The van der Waals surface area contributed by atoms with Crippen molar-refractivity contribution in [2.45, 2.75) is 6.92 Å². The monoisotopic (exact) mass is 190 g/mol. The Kier molecular flexibility index (Phi) is 2.26. The molecule has 0 saturated heterocycles. The van der Waals surface area contributed by atoms with E-state index in [0.29, 0.717) is 12.4 Å². The molecule has 1 atom stereocenters. The number of nitrogens with zero attached hydrogens (tertiary/aromatic N) is 2. The van der Waals surface area contributed by atoms with Crippen LogP contribution in [0.15, 0.2) is 34.0 Å². The van der Waals surface area contributed by atoms with Crippen LogP contribution in [0.2, 0.25) is 0 Å². The van der Waals surface area contributed by atoms with Crippen molar-refractivity contribution in [1.29, 1.82) is 0 Å². The third-order valence-electron chi connectivity index (χ3n) is 2.04. The molecule has 1 aliphatic heterocycles. The summed E-state index contributed by atoms with van der Waals surface area (Å²) in [6.07, 6.45) is 6.64. The Bertz CT molecular complexity index is 378. The van der Waals surface area contributed by atoms with E-state index in [2.05, 4.69) is 9.98 Å². The molecule has 4 nitrogen and oxygen atoms in total.